The van der Waals surface area contributed by atoms with Crippen LogP contribution in [0.25, 0.3) is 12.2 Å². The van der Waals surface area contributed by atoms with E-state index in [9.17, 15) is 4.39 Å². The molecular formula is C13H15F. The zero-order chi connectivity index (χ0) is 10.6. The Morgan fingerprint density at radius 1 is 1.21 bits per heavy atom. The van der Waals surface area contributed by atoms with Crippen LogP contribution in [0.5, 0.6) is 0 Å². The van der Waals surface area contributed by atoms with E-state index < -0.39 is 0 Å². The molecule has 1 aromatic rings. The van der Waals surface area contributed by atoms with E-state index in [-0.39, 0.29) is 12.6 Å². The van der Waals surface area contributed by atoms with E-state index in [1.165, 1.54) is 0 Å². The summed E-state index contributed by atoms with van der Waals surface area (Å²) in [5, 5.41) is 0. The van der Waals surface area contributed by atoms with Gasteiger partial charge in [-0.1, -0.05) is 44.4 Å². The maximum absolute atomic E-state index is 12.5. The highest BCUT2D eigenvalue weighted by molar-refractivity contribution is 5.58. The highest BCUT2D eigenvalue weighted by Gasteiger charge is 2.05. The Bertz CT molecular complexity index is 313. The van der Waals surface area contributed by atoms with Gasteiger partial charge in [-0.15, -0.1) is 0 Å². The average Bonchev–Trinajstić information content (AvgIpc) is 2.27. The number of alkyl halides is 1. The van der Waals surface area contributed by atoms with Crippen molar-refractivity contribution in [2.24, 2.45) is 0 Å². The molecule has 0 spiro atoms. The molecule has 1 atom stereocenters. The summed E-state index contributed by atoms with van der Waals surface area (Å²) in [6, 6.07) is 5.91. The SMILES string of the molecule is C=Cc1cc(C=C)cc(C(C)CF)c1. The van der Waals surface area contributed by atoms with Gasteiger partial charge in [-0.25, -0.2) is 0 Å². The molecule has 0 aliphatic carbocycles. The maximum Gasteiger partial charge on any atom is 0.0960 e. The molecule has 0 aromatic heterocycles. The molecule has 0 heterocycles. The van der Waals surface area contributed by atoms with Crippen molar-refractivity contribution in [3.8, 4) is 0 Å². The van der Waals surface area contributed by atoms with E-state index in [4.69, 9.17) is 0 Å². The minimum atomic E-state index is -0.336. The van der Waals surface area contributed by atoms with E-state index >= 15 is 0 Å². The Kier molecular flexibility index (Phi) is 3.63. The smallest absolute Gasteiger partial charge is 0.0960 e. The number of hydrogen-bond acceptors (Lipinski definition) is 0. The second kappa shape index (κ2) is 4.75. The molecule has 74 valence electrons. The molecule has 0 aliphatic rings. The Labute approximate surface area is 84.8 Å². The zero-order valence-electron chi connectivity index (χ0n) is 8.46. The largest absolute Gasteiger partial charge is 0.250 e. The first-order chi connectivity index (χ1) is 6.71. The second-order valence-electron chi connectivity index (χ2n) is 3.40. The van der Waals surface area contributed by atoms with Crippen LogP contribution in [0.3, 0.4) is 0 Å². The van der Waals surface area contributed by atoms with Crippen LogP contribution in [0.2, 0.25) is 0 Å². The second-order valence-corrected chi connectivity index (χ2v) is 3.40. The van der Waals surface area contributed by atoms with Gasteiger partial charge in [0.25, 0.3) is 0 Å². The Hall–Kier alpha value is -1.37. The topological polar surface area (TPSA) is 0 Å². The molecule has 0 N–H and O–H groups in total. The van der Waals surface area contributed by atoms with Crippen molar-refractivity contribution in [3.05, 3.63) is 48.0 Å². The highest BCUT2D eigenvalue weighted by atomic mass is 19.1. The molecule has 0 fully saturated rings. The van der Waals surface area contributed by atoms with Crippen LogP contribution in [0.1, 0.15) is 29.5 Å². The van der Waals surface area contributed by atoms with Crippen molar-refractivity contribution in [2.75, 3.05) is 6.67 Å². The number of rotatable bonds is 4. The third kappa shape index (κ3) is 2.32. The van der Waals surface area contributed by atoms with Gasteiger partial charge in [0.15, 0.2) is 0 Å². The van der Waals surface area contributed by atoms with Crippen LogP contribution in [0.15, 0.2) is 31.4 Å². The minimum absolute atomic E-state index is 0.0615. The van der Waals surface area contributed by atoms with Gasteiger partial charge in [0.1, 0.15) is 0 Å². The van der Waals surface area contributed by atoms with Crippen LogP contribution in [-0.2, 0) is 0 Å². The first kappa shape index (κ1) is 10.7. The van der Waals surface area contributed by atoms with E-state index in [2.05, 4.69) is 13.2 Å². The Balaban J connectivity index is 3.16. The summed E-state index contributed by atoms with van der Waals surface area (Å²) in [4.78, 5) is 0. The van der Waals surface area contributed by atoms with Crippen molar-refractivity contribution in [1.29, 1.82) is 0 Å². The molecule has 1 heteroatoms. The fraction of sp³-hybridized carbons (Fsp3) is 0.231. The van der Waals surface area contributed by atoms with Gasteiger partial charge in [0, 0.05) is 5.92 Å². The molecule has 0 radical (unpaired) electrons. The summed E-state index contributed by atoms with van der Waals surface area (Å²) >= 11 is 0. The standard InChI is InChI=1S/C13H15F/c1-4-11-6-12(5-2)8-13(7-11)10(3)9-14/h4-8,10H,1-2,9H2,3H3. The molecule has 1 unspecified atom stereocenters. The fourth-order valence-corrected chi connectivity index (χ4v) is 1.31. The number of halogens is 1. The van der Waals surface area contributed by atoms with Crippen molar-refractivity contribution >= 4 is 12.2 Å². The van der Waals surface area contributed by atoms with Crippen LogP contribution < -0.4 is 0 Å². The van der Waals surface area contributed by atoms with Crippen molar-refractivity contribution < 1.29 is 4.39 Å². The predicted molar refractivity (Wildman–Crippen MR) is 61.0 cm³/mol. The normalized spacial score (nSPS) is 12.1. The highest BCUT2D eigenvalue weighted by Crippen LogP contribution is 2.20. The lowest BCUT2D eigenvalue weighted by molar-refractivity contribution is 0.447. The van der Waals surface area contributed by atoms with Crippen molar-refractivity contribution in [1.82, 2.24) is 0 Å². The summed E-state index contributed by atoms with van der Waals surface area (Å²) < 4.78 is 12.5. The van der Waals surface area contributed by atoms with Crippen LogP contribution in [-0.4, -0.2) is 6.67 Å². The Morgan fingerprint density at radius 3 is 2.07 bits per heavy atom. The lowest BCUT2D eigenvalue weighted by atomic mass is 9.97. The minimum Gasteiger partial charge on any atom is -0.250 e. The maximum atomic E-state index is 12.5. The summed E-state index contributed by atoms with van der Waals surface area (Å²) in [6.07, 6.45) is 3.53. The van der Waals surface area contributed by atoms with Gasteiger partial charge in [-0.05, 0) is 22.8 Å². The molecule has 1 rings (SSSR count). The Morgan fingerprint density at radius 2 is 1.71 bits per heavy atom. The summed E-state index contributed by atoms with van der Waals surface area (Å²) in [6.45, 7) is 8.94. The lowest BCUT2D eigenvalue weighted by Crippen LogP contribution is -1.96. The van der Waals surface area contributed by atoms with E-state index in [0.717, 1.165) is 16.7 Å². The van der Waals surface area contributed by atoms with Gasteiger partial charge in [0.2, 0.25) is 0 Å². The van der Waals surface area contributed by atoms with E-state index in [1.54, 1.807) is 12.2 Å². The molecule has 1 aromatic carbocycles. The lowest BCUT2D eigenvalue weighted by Gasteiger charge is -2.09. The number of benzene rings is 1. The monoisotopic (exact) mass is 190 g/mol. The van der Waals surface area contributed by atoms with Crippen LogP contribution in [0, 0.1) is 0 Å². The fourth-order valence-electron chi connectivity index (χ4n) is 1.31. The van der Waals surface area contributed by atoms with Gasteiger partial charge in [-0.2, -0.15) is 0 Å². The third-order valence-electron chi connectivity index (χ3n) is 2.27. The number of hydrogen-bond donors (Lipinski definition) is 0. The predicted octanol–water partition coefficient (Wildman–Crippen LogP) is 4.05. The molecule has 14 heavy (non-hydrogen) atoms. The van der Waals surface area contributed by atoms with Crippen molar-refractivity contribution in [2.45, 2.75) is 12.8 Å². The molecule has 0 amide bonds. The third-order valence-corrected chi connectivity index (χ3v) is 2.27. The summed E-state index contributed by atoms with van der Waals surface area (Å²) in [7, 11) is 0. The first-order valence-corrected chi connectivity index (χ1v) is 4.67. The van der Waals surface area contributed by atoms with E-state index in [1.807, 2.05) is 25.1 Å². The quantitative estimate of drug-likeness (QED) is 0.672. The van der Waals surface area contributed by atoms with Gasteiger partial charge >= 0.3 is 0 Å². The average molecular weight is 190 g/mol. The van der Waals surface area contributed by atoms with E-state index in [0.29, 0.717) is 0 Å². The molecule has 0 bridgehead atoms. The van der Waals surface area contributed by atoms with Crippen LogP contribution in [0.4, 0.5) is 4.39 Å². The molecule has 0 saturated carbocycles. The van der Waals surface area contributed by atoms with Gasteiger partial charge in [0.05, 0.1) is 6.67 Å². The van der Waals surface area contributed by atoms with Crippen molar-refractivity contribution in [3.63, 3.8) is 0 Å². The molecule has 0 aliphatic heterocycles. The van der Waals surface area contributed by atoms with Crippen LogP contribution >= 0.6 is 0 Å². The summed E-state index contributed by atoms with van der Waals surface area (Å²) in [5.41, 5.74) is 3.02. The van der Waals surface area contributed by atoms with Gasteiger partial charge in [-0.3, -0.25) is 4.39 Å². The van der Waals surface area contributed by atoms with Gasteiger partial charge < -0.3 is 0 Å². The zero-order valence-corrected chi connectivity index (χ0v) is 8.46. The molecule has 0 nitrogen and oxygen atoms in total. The molecule has 0 saturated heterocycles. The summed E-state index contributed by atoms with van der Waals surface area (Å²) in [5.74, 6) is -0.0615. The molecular weight excluding hydrogens is 175 g/mol. The first-order valence-electron chi connectivity index (χ1n) is 4.67.